The van der Waals surface area contributed by atoms with E-state index in [4.69, 9.17) is 0 Å². The van der Waals surface area contributed by atoms with Crippen molar-refractivity contribution in [3.63, 3.8) is 0 Å². The number of phenols is 1. The number of nitrogens with zero attached hydrogens (tertiary/aromatic N) is 3. The Balaban J connectivity index is 2.32. The molecule has 1 heterocycles. The number of phenolic OH excluding ortho intramolecular Hbond substituents is 1. The number of fused-ring (bicyclic) bond motifs is 1. The molecule has 0 bridgehead atoms. The maximum atomic E-state index is 12.0. The summed E-state index contributed by atoms with van der Waals surface area (Å²) in [6, 6.07) is 9.91. The molecule has 0 saturated heterocycles. The van der Waals surface area contributed by atoms with Gasteiger partial charge < -0.3 is 5.11 Å². The van der Waals surface area contributed by atoms with Crippen LogP contribution in [0.15, 0.2) is 41.3 Å². The van der Waals surface area contributed by atoms with Gasteiger partial charge in [0, 0.05) is 5.56 Å². The van der Waals surface area contributed by atoms with Gasteiger partial charge in [-0.3, -0.25) is 4.55 Å². The van der Waals surface area contributed by atoms with Gasteiger partial charge in [-0.2, -0.15) is 8.42 Å². The van der Waals surface area contributed by atoms with Crippen LogP contribution in [0, 0.1) is 0 Å². The second kappa shape index (κ2) is 6.21. The monoisotopic (exact) mass is 347 g/mol. The quantitative estimate of drug-likeness (QED) is 0.688. The van der Waals surface area contributed by atoms with Gasteiger partial charge in [-0.15, -0.1) is 5.10 Å². The molecule has 0 aliphatic carbocycles. The molecule has 0 aliphatic rings. The third-order valence-corrected chi connectivity index (χ3v) is 4.80. The van der Waals surface area contributed by atoms with E-state index in [9.17, 15) is 18.1 Å². The largest absolute Gasteiger partial charge is 0.508 e. The van der Waals surface area contributed by atoms with Gasteiger partial charge in [0.1, 0.15) is 16.2 Å². The molecule has 0 spiro atoms. The lowest BCUT2D eigenvalue weighted by Gasteiger charge is -2.14. The Hall–Kier alpha value is -2.45. The molecule has 0 atom stereocenters. The van der Waals surface area contributed by atoms with Crippen LogP contribution in [0.2, 0.25) is 0 Å². The summed E-state index contributed by atoms with van der Waals surface area (Å²) in [4.78, 5) is -0.327. The highest BCUT2D eigenvalue weighted by Crippen LogP contribution is 2.33. The van der Waals surface area contributed by atoms with Crippen molar-refractivity contribution in [3.8, 4) is 11.4 Å². The number of para-hydroxylation sites is 1. The van der Waals surface area contributed by atoms with Crippen LogP contribution in [0.25, 0.3) is 16.7 Å². The Morgan fingerprint density at radius 1 is 1.17 bits per heavy atom. The molecule has 0 unspecified atom stereocenters. The SMILES string of the molecule is CCCCc1c(O)ccc(-n2nnc3ccccc32)c1S(=O)(=O)O. The number of hydrogen-bond acceptors (Lipinski definition) is 5. The van der Waals surface area contributed by atoms with E-state index >= 15 is 0 Å². The van der Waals surface area contributed by atoms with E-state index in [0.29, 0.717) is 23.9 Å². The summed E-state index contributed by atoms with van der Waals surface area (Å²) in [5.41, 5.74) is 1.56. The molecule has 0 aliphatic heterocycles. The van der Waals surface area contributed by atoms with E-state index in [2.05, 4.69) is 10.3 Å². The molecule has 0 fully saturated rings. The first-order chi connectivity index (χ1) is 11.4. The van der Waals surface area contributed by atoms with E-state index in [0.717, 1.165) is 6.42 Å². The number of aromatic hydroxyl groups is 1. The third-order valence-electron chi connectivity index (χ3n) is 3.83. The minimum Gasteiger partial charge on any atom is -0.508 e. The molecule has 0 radical (unpaired) electrons. The zero-order valence-electron chi connectivity index (χ0n) is 13.0. The maximum absolute atomic E-state index is 12.0. The zero-order chi connectivity index (χ0) is 17.3. The Morgan fingerprint density at radius 2 is 1.92 bits per heavy atom. The summed E-state index contributed by atoms with van der Waals surface area (Å²) in [6.45, 7) is 1.96. The summed E-state index contributed by atoms with van der Waals surface area (Å²) < 4.78 is 35.1. The summed E-state index contributed by atoms with van der Waals surface area (Å²) in [6.07, 6.45) is 1.83. The lowest BCUT2D eigenvalue weighted by atomic mass is 10.1. The van der Waals surface area contributed by atoms with Gasteiger partial charge in [0.05, 0.1) is 11.2 Å². The van der Waals surface area contributed by atoms with Crippen molar-refractivity contribution < 1.29 is 18.1 Å². The normalized spacial score (nSPS) is 11.9. The topological polar surface area (TPSA) is 105 Å². The molecule has 0 amide bonds. The highest BCUT2D eigenvalue weighted by atomic mass is 32.2. The van der Waals surface area contributed by atoms with Crippen LogP contribution in [0.1, 0.15) is 25.3 Å². The van der Waals surface area contributed by atoms with Crippen LogP contribution >= 0.6 is 0 Å². The lowest BCUT2D eigenvalue weighted by molar-refractivity contribution is 0.455. The van der Waals surface area contributed by atoms with Crippen molar-refractivity contribution in [1.82, 2.24) is 15.0 Å². The number of aromatic nitrogens is 3. The zero-order valence-corrected chi connectivity index (χ0v) is 13.9. The van der Waals surface area contributed by atoms with Crippen LogP contribution in [-0.4, -0.2) is 33.1 Å². The highest BCUT2D eigenvalue weighted by molar-refractivity contribution is 7.86. The number of unbranched alkanes of at least 4 members (excludes halogenated alkanes) is 1. The molecular weight excluding hydrogens is 330 g/mol. The van der Waals surface area contributed by atoms with Gasteiger partial charge in [0.2, 0.25) is 0 Å². The van der Waals surface area contributed by atoms with E-state index in [1.165, 1.54) is 16.8 Å². The molecule has 7 nitrogen and oxygen atoms in total. The van der Waals surface area contributed by atoms with Crippen LogP contribution in [0.4, 0.5) is 0 Å². The Kier molecular flexibility index (Phi) is 4.25. The van der Waals surface area contributed by atoms with Gasteiger partial charge in [0.25, 0.3) is 10.1 Å². The van der Waals surface area contributed by atoms with Crippen LogP contribution < -0.4 is 0 Å². The molecule has 2 aromatic carbocycles. The van der Waals surface area contributed by atoms with Crippen molar-refractivity contribution >= 4 is 21.2 Å². The van der Waals surface area contributed by atoms with E-state index < -0.39 is 10.1 Å². The first kappa shape index (κ1) is 16.4. The number of hydrogen-bond donors (Lipinski definition) is 2. The van der Waals surface area contributed by atoms with Crippen molar-refractivity contribution in [2.45, 2.75) is 31.1 Å². The molecule has 2 N–H and O–H groups in total. The van der Waals surface area contributed by atoms with Gasteiger partial charge in [-0.1, -0.05) is 30.7 Å². The standard InChI is InChI=1S/C16H17N3O4S/c1-2-3-6-11-15(20)10-9-14(16(11)24(21,22)23)19-13-8-5-4-7-12(13)17-18-19/h4-5,7-10,20H,2-3,6H2,1H3,(H,21,22,23). The average molecular weight is 347 g/mol. The fourth-order valence-electron chi connectivity index (χ4n) is 2.70. The molecule has 24 heavy (non-hydrogen) atoms. The molecule has 0 saturated carbocycles. The summed E-state index contributed by atoms with van der Waals surface area (Å²) in [5, 5.41) is 18.1. The van der Waals surface area contributed by atoms with Crippen LogP contribution in [0.5, 0.6) is 5.75 Å². The van der Waals surface area contributed by atoms with Crippen molar-refractivity contribution in [2.24, 2.45) is 0 Å². The summed E-state index contributed by atoms with van der Waals surface area (Å²) in [7, 11) is -4.56. The second-order valence-electron chi connectivity index (χ2n) is 5.48. The van der Waals surface area contributed by atoms with Gasteiger partial charge in [0.15, 0.2) is 0 Å². The first-order valence-corrected chi connectivity index (χ1v) is 9.00. The number of rotatable bonds is 5. The fourth-order valence-corrected chi connectivity index (χ4v) is 3.64. The molecule has 126 valence electrons. The summed E-state index contributed by atoms with van der Waals surface area (Å²) >= 11 is 0. The Labute approximate surface area is 139 Å². The van der Waals surface area contributed by atoms with E-state index in [-0.39, 0.29) is 21.9 Å². The van der Waals surface area contributed by atoms with Gasteiger partial charge in [-0.25, -0.2) is 4.68 Å². The minimum atomic E-state index is -4.56. The van der Waals surface area contributed by atoms with Crippen molar-refractivity contribution in [3.05, 3.63) is 42.0 Å². The van der Waals surface area contributed by atoms with Crippen LogP contribution in [-0.2, 0) is 16.5 Å². The number of benzene rings is 2. The van der Waals surface area contributed by atoms with Crippen molar-refractivity contribution in [1.29, 1.82) is 0 Å². The molecule has 3 aromatic rings. The fraction of sp³-hybridized carbons (Fsp3) is 0.250. The minimum absolute atomic E-state index is 0.162. The van der Waals surface area contributed by atoms with Crippen LogP contribution in [0.3, 0.4) is 0 Å². The first-order valence-electron chi connectivity index (χ1n) is 7.56. The van der Waals surface area contributed by atoms with Crippen molar-refractivity contribution in [2.75, 3.05) is 0 Å². The Bertz CT molecular complexity index is 996. The van der Waals surface area contributed by atoms with E-state index in [1.807, 2.05) is 6.92 Å². The molecular formula is C16H17N3O4S. The van der Waals surface area contributed by atoms with E-state index in [1.54, 1.807) is 24.3 Å². The predicted molar refractivity (Wildman–Crippen MR) is 89.0 cm³/mol. The Morgan fingerprint density at radius 3 is 2.62 bits per heavy atom. The third kappa shape index (κ3) is 2.85. The smallest absolute Gasteiger partial charge is 0.297 e. The van der Waals surface area contributed by atoms with Gasteiger partial charge >= 0.3 is 0 Å². The molecule has 3 rings (SSSR count). The van der Waals surface area contributed by atoms with Gasteiger partial charge in [-0.05, 0) is 37.1 Å². The summed E-state index contributed by atoms with van der Waals surface area (Å²) in [5.74, 6) is -0.163. The lowest BCUT2D eigenvalue weighted by Crippen LogP contribution is -2.11. The maximum Gasteiger partial charge on any atom is 0.297 e. The average Bonchev–Trinajstić information content (AvgIpc) is 2.96. The predicted octanol–water partition coefficient (Wildman–Crippen LogP) is 2.72. The highest BCUT2D eigenvalue weighted by Gasteiger charge is 2.25. The molecule has 8 heteroatoms. The second-order valence-corrected chi connectivity index (χ2v) is 6.84. The molecule has 1 aromatic heterocycles.